The molecular weight excluding hydrogens is 134 g/mol. The van der Waals surface area contributed by atoms with E-state index in [0.717, 1.165) is 6.42 Å². The quantitative estimate of drug-likeness (QED) is 0.423. The van der Waals surface area contributed by atoms with Crippen LogP contribution in [0.4, 0.5) is 0 Å². The van der Waals surface area contributed by atoms with Gasteiger partial charge in [0.1, 0.15) is 0 Å². The summed E-state index contributed by atoms with van der Waals surface area (Å²) in [6, 6.07) is 0. The topological polar surface area (TPSA) is 12.4 Å². The van der Waals surface area contributed by atoms with Crippen molar-refractivity contribution in [1.82, 2.24) is 0 Å². The molecule has 0 aromatic heterocycles. The maximum atomic E-state index is 4.13. The molecule has 0 heterocycles. The van der Waals surface area contributed by atoms with E-state index in [1.165, 1.54) is 0 Å². The SMILES string of the molecule is C=CCN=CCC(C)(C)C=C. The van der Waals surface area contributed by atoms with Crippen LogP contribution in [0, 0.1) is 5.41 Å². The summed E-state index contributed by atoms with van der Waals surface area (Å²) in [5.41, 5.74) is 0.171. The van der Waals surface area contributed by atoms with Crippen molar-refractivity contribution >= 4 is 6.21 Å². The van der Waals surface area contributed by atoms with E-state index in [1.807, 2.05) is 12.3 Å². The van der Waals surface area contributed by atoms with Gasteiger partial charge in [0.2, 0.25) is 0 Å². The Bertz CT molecular complexity index is 154. The highest BCUT2D eigenvalue weighted by Crippen LogP contribution is 2.19. The molecule has 0 radical (unpaired) electrons. The summed E-state index contributed by atoms with van der Waals surface area (Å²) in [7, 11) is 0. The first kappa shape index (κ1) is 10.2. The van der Waals surface area contributed by atoms with Crippen molar-refractivity contribution < 1.29 is 0 Å². The molecule has 0 aromatic carbocycles. The summed E-state index contributed by atoms with van der Waals surface area (Å²) in [6.45, 7) is 12.3. The van der Waals surface area contributed by atoms with Gasteiger partial charge in [0.15, 0.2) is 0 Å². The third-order valence-corrected chi connectivity index (χ3v) is 1.53. The molecule has 11 heavy (non-hydrogen) atoms. The Labute approximate surface area is 69.5 Å². The maximum Gasteiger partial charge on any atom is 0.0563 e. The van der Waals surface area contributed by atoms with Crippen LogP contribution in [0.5, 0.6) is 0 Å². The van der Waals surface area contributed by atoms with E-state index >= 15 is 0 Å². The summed E-state index contributed by atoms with van der Waals surface area (Å²) in [6.07, 6.45) is 6.62. The van der Waals surface area contributed by atoms with Crippen molar-refractivity contribution in [3.63, 3.8) is 0 Å². The Morgan fingerprint density at radius 1 is 1.36 bits per heavy atom. The standard InChI is InChI=1S/C10H17N/c1-5-8-11-9-7-10(3,4)6-2/h5-6,9H,1-2,7-8H2,3-4H3. The van der Waals surface area contributed by atoms with Gasteiger partial charge in [0.05, 0.1) is 6.54 Å². The molecule has 0 spiro atoms. The molecule has 0 rings (SSSR count). The fourth-order valence-corrected chi connectivity index (χ4v) is 0.532. The molecule has 0 saturated carbocycles. The van der Waals surface area contributed by atoms with E-state index < -0.39 is 0 Å². The molecule has 0 N–H and O–H groups in total. The second-order valence-corrected chi connectivity index (χ2v) is 3.23. The van der Waals surface area contributed by atoms with Gasteiger partial charge in [-0.3, -0.25) is 4.99 Å². The van der Waals surface area contributed by atoms with Crippen LogP contribution in [-0.2, 0) is 0 Å². The molecule has 0 fully saturated rings. The lowest BCUT2D eigenvalue weighted by Crippen LogP contribution is -2.06. The van der Waals surface area contributed by atoms with E-state index in [-0.39, 0.29) is 5.41 Å². The van der Waals surface area contributed by atoms with E-state index in [4.69, 9.17) is 0 Å². The summed E-state index contributed by atoms with van der Waals surface area (Å²) in [5.74, 6) is 0. The zero-order chi connectivity index (χ0) is 8.74. The van der Waals surface area contributed by atoms with Gasteiger partial charge in [-0.15, -0.1) is 13.2 Å². The van der Waals surface area contributed by atoms with Gasteiger partial charge in [-0.2, -0.15) is 0 Å². The smallest absolute Gasteiger partial charge is 0.0563 e. The molecule has 1 nitrogen and oxygen atoms in total. The average molecular weight is 151 g/mol. The number of nitrogens with zero attached hydrogens (tertiary/aromatic N) is 1. The largest absolute Gasteiger partial charge is 0.293 e. The van der Waals surface area contributed by atoms with Gasteiger partial charge in [-0.1, -0.05) is 26.0 Å². The highest BCUT2D eigenvalue weighted by Gasteiger charge is 2.09. The molecule has 62 valence electrons. The fraction of sp³-hybridized carbons (Fsp3) is 0.500. The molecule has 0 unspecified atom stereocenters. The first-order valence-corrected chi connectivity index (χ1v) is 3.85. The molecule has 0 aliphatic carbocycles. The molecule has 0 aliphatic rings. The predicted octanol–water partition coefficient (Wildman–Crippen LogP) is 2.85. The van der Waals surface area contributed by atoms with Crippen molar-refractivity contribution in [2.75, 3.05) is 6.54 Å². The second kappa shape index (κ2) is 4.89. The fourth-order valence-electron chi connectivity index (χ4n) is 0.532. The molecule has 1 heteroatoms. The summed E-state index contributed by atoms with van der Waals surface area (Å²) in [5, 5.41) is 0. The van der Waals surface area contributed by atoms with Crippen LogP contribution in [0.25, 0.3) is 0 Å². The van der Waals surface area contributed by atoms with Crippen LogP contribution >= 0.6 is 0 Å². The minimum absolute atomic E-state index is 0.171. The molecular formula is C10H17N. The minimum atomic E-state index is 0.171. The number of aliphatic imine (C=N–C) groups is 1. The Morgan fingerprint density at radius 2 is 2.00 bits per heavy atom. The van der Waals surface area contributed by atoms with Crippen LogP contribution in [0.15, 0.2) is 30.3 Å². The first-order valence-electron chi connectivity index (χ1n) is 3.85. The third kappa shape index (κ3) is 5.59. The van der Waals surface area contributed by atoms with Crippen LogP contribution in [0.1, 0.15) is 20.3 Å². The summed E-state index contributed by atoms with van der Waals surface area (Å²) >= 11 is 0. The van der Waals surface area contributed by atoms with Gasteiger partial charge < -0.3 is 0 Å². The molecule has 0 aromatic rings. The van der Waals surface area contributed by atoms with Crippen molar-refractivity contribution in [2.24, 2.45) is 10.4 Å². The molecule has 0 amide bonds. The van der Waals surface area contributed by atoms with Crippen molar-refractivity contribution in [1.29, 1.82) is 0 Å². The van der Waals surface area contributed by atoms with Crippen LogP contribution in [0.3, 0.4) is 0 Å². The molecule has 0 saturated heterocycles. The Kier molecular flexibility index (Phi) is 4.51. The monoisotopic (exact) mass is 151 g/mol. The number of allylic oxidation sites excluding steroid dienone is 1. The molecule has 0 aliphatic heterocycles. The van der Waals surface area contributed by atoms with E-state index in [2.05, 4.69) is 32.0 Å². The van der Waals surface area contributed by atoms with Gasteiger partial charge in [-0.25, -0.2) is 0 Å². The normalized spacial score (nSPS) is 11.8. The van der Waals surface area contributed by atoms with Gasteiger partial charge >= 0.3 is 0 Å². The minimum Gasteiger partial charge on any atom is -0.293 e. The Hall–Kier alpha value is -0.850. The van der Waals surface area contributed by atoms with Gasteiger partial charge in [0, 0.05) is 0 Å². The van der Waals surface area contributed by atoms with E-state index in [0.29, 0.717) is 6.54 Å². The van der Waals surface area contributed by atoms with E-state index in [9.17, 15) is 0 Å². The highest BCUT2D eigenvalue weighted by atomic mass is 14.7. The number of rotatable bonds is 5. The van der Waals surface area contributed by atoms with Gasteiger partial charge in [-0.05, 0) is 18.1 Å². The molecule has 0 bridgehead atoms. The van der Waals surface area contributed by atoms with Crippen molar-refractivity contribution in [3.05, 3.63) is 25.3 Å². The lowest BCUT2D eigenvalue weighted by Gasteiger charge is -2.15. The lowest BCUT2D eigenvalue weighted by molar-refractivity contribution is 0.509. The van der Waals surface area contributed by atoms with Crippen molar-refractivity contribution in [3.8, 4) is 0 Å². The molecule has 0 atom stereocenters. The first-order chi connectivity index (χ1) is 5.12. The van der Waals surface area contributed by atoms with Crippen LogP contribution in [-0.4, -0.2) is 12.8 Å². The zero-order valence-electron chi connectivity index (χ0n) is 7.51. The van der Waals surface area contributed by atoms with Crippen LogP contribution < -0.4 is 0 Å². The Balaban J connectivity index is 3.67. The number of hydrogen-bond donors (Lipinski definition) is 0. The summed E-state index contributed by atoms with van der Waals surface area (Å²) in [4.78, 5) is 4.13. The Morgan fingerprint density at radius 3 is 2.45 bits per heavy atom. The van der Waals surface area contributed by atoms with Crippen LogP contribution in [0.2, 0.25) is 0 Å². The second-order valence-electron chi connectivity index (χ2n) is 3.23. The summed E-state index contributed by atoms with van der Waals surface area (Å²) < 4.78 is 0. The lowest BCUT2D eigenvalue weighted by atomic mass is 9.90. The predicted molar refractivity (Wildman–Crippen MR) is 52.2 cm³/mol. The highest BCUT2D eigenvalue weighted by molar-refractivity contribution is 5.58. The maximum absolute atomic E-state index is 4.13. The van der Waals surface area contributed by atoms with Gasteiger partial charge in [0.25, 0.3) is 0 Å². The van der Waals surface area contributed by atoms with Crippen molar-refractivity contribution in [2.45, 2.75) is 20.3 Å². The average Bonchev–Trinajstić information content (AvgIpc) is 1.99. The zero-order valence-corrected chi connectivity index (χ0v) is 7.51. The van der Waals surface area contributed by atoms with E-state index in [1.54, 1.807) is 6.08 Å². The number of hydrogen-bond acceptors (Lipinski definition) is 1. The third-order valence-electron chi connectivity index (χ3n) is 1.53.